The molecule has 0 unspecified atom stereocenters. The van der Waals surface area contributed by atoms with Crippen molar-refractivity contribution >= 4 is 11.2 Å². The molecule has 2 rings (SSSR count). The number of fused-ring (bicyclic) bond motifs is 1. The third-order valence-corrected chi connectivity index (χ3v) is 2.09. The monoisotopic (exact) mass is 204 g/mol. The number of hydrogen-bond acceptors (Lipinski definition) is 4. The maximum atomic E-state index is 11.6. The van der Waals surface area contributed by atoms with E-state index in [0.29, 0.717) is 17.0 Å². The van der Waals surface area contributed by atoms with E-state index in [2.05, 4.69) is 26.9 Å². The second kappa shape index (κ2) is 3.76. The van der Waals surface area contributed by atoms with Crippen molar-refractivity contribution in [2.24, 2.45) is 0 Å². The van der Waals surface area contributed by atoms with Gasteiger partial charge in [-0.1, -0.05) is 13.3 Å². The van der Waals surface area contributed by atoms with Crippen molar-refractivity contribution in [1.29, 1.82) is 0 Å². The number of H-pyrrole nitrogens is 1. The minimum Gasteiger partial charge on any atom is -0.309 e. The molecule has 0 aromatic carbocycles. The molecular formula is C10H12N4O. The SMILES string of the molecule is CCCc1cnc2nc(C)[nH]c(=O)c2n1. The molecule has 0 aliphatic heterocycles. The fourth-order valence-electron chi connectivity index (χ4n) is 1.44. The van der Waals surface area contributed by atoms with Crippen LogP contribution in [-0.2, 0) is 6.42 Å². The number of rotatable bonds is 2. The summed E-state index contributed by atoms with van der Waals surface area (Å²) >= 11 is 0. The van der Waals surface area contributed by atoms with Gasteiger partial charge in [0.05, 0.1) is 11.9 Å². The molecule has 0 radical (unpaired) electrons. The van der Waals surface area contributed by atoms with Crippen LogP contribution in [0.1, 0.15) is 24.9 Å². The summed E-state index contributed by atoms with van der Waals surface area (Å²) in [5.74, 6) is 0.560. The van der Waals surface area contributed by atoms with Gasteiger partial charge in [0.2, 0.25) is 0 Å². The molecule has 2 aromatic heterocycles. The second-order valence-electron chi connectivity index (χ2n) is 3.43. The molecule has 0 spiro atoms. The van der Waals surface area contributed by atoms with E-state index in [1.807, 2.05) is 0 Å². The molecule has 15 heavy (non-hydrogen) atoms. The summed E-state index contributed by atoms with van der Waals surface area (Å²) in [6.07, 6.45) is 3.49. The van der Waals surface area contributed by atoms with E-state index in [9.17, 15) is 4.79 Å². The highest BCUT2D eigenvalue weighted by atomic mass is 16.1. The Bertz CT molecular complexity index is 547. The van der Waals surface area contributed by atoms with Crippen LogP contribution in [0.2, 0.25) is 0 Å². The molecule has 5 nitrogen and oxygen atoms in total. The standard InChI is InChI=1S/C10H12N4O/c1-3-4-7-5-11-9-8(14-7)10(15)13-6(2)12-9/h5H,3-4H2,1-2H3,(H,11,12,13,15). The summed E-state index contributed by atoms with van der Waals surface area (Å²) in [5.41, 5.74) is 1.35. The smallest absolute Gasteiger partial charge is 0.279 e. The molecule has 5 heteroatoms. The number of aryl methyl sites for hydroxylation is 2. The van der Waals surface area contributed by atoms with Crippen molar-refractivity contribution in [2.45, 2.75) is 26.7 Å². The van der Waals surface area contributed by atoms with Crippen LogP contribution < -0.4 is 5.56 Å². The molecule has 2 heterocycles. The third kappa shape index (κ3) is 1.86. The largest absolute Gasteiger partial charge is 0.309 e. The summed E-state index contributed by atoms with van der Waals surface area (Å²) in [7, 11) is 0. The number of hydrogen-bond donors (Lipinski definition) is 1. The first-order chi connectivity index (χ1) is 7.20. The highest BCUT2D eigenvalue weighted by Gasteiger charge is 2.05. The van der Waals surface area contributed by atoms with Gasteiger partial charge in [0.25, 0.3) is 5.56 Å². The Labute approximate surface area is 86.6 Å². The molecule has 78 valence electrons. The minimum absolute atomic E-state index is 0.219. The zero-order valence-corrected chi connectivity index (χ0v) is 8.74. The molecule has 0 amide bonds. The fraction of sp³-hybridized carbons (Fsp3) is 0.400. The molecule has 0 aliphatic carbocycles. The van der Waals surface area contributed by atoms with Gasteiger partial charge in [-0.15, -0.1) is 0 Å². The van der Waals surface area contributed by atoms with Crippen molar-refractivity contribution in [3.8, 4) is 0 Å². The number of aromatic amines is 1. The van der Waals surface area contributed by atoms with Crippen molar-refractivity contribution < 1.29 is 0 Å². The summed E-state index contributed by atoms with van der Waals surface area (Å²) < 4.78 is 0. The quantitative estimate of drug-likeness (QED) is 0.791. The minimum atomic E-state index is -0.219. The fourth-order valence-corrected chi connectivity index (χ4v) is 1.44. The van der Waals surface area contributed by atoms with Gasteiger partial charge in [-0.3, -0.25) is 4.79 Å². The molecule has 0 fully saturated rings. The Kier molecular flexibility index (Phi) is 2.45. The summed E-state index contributed by atoms with van der Waals surface area (Å²) in [6.45, 7) is 3.78. The lowest BCUT2D eigenvalue weighted by Crippen LogP contribution is -2.13. The van der Waals surface area contributed by atoms with Crippen LogP contribution in [0.15, 0.2) is 11.0 Å². The number of nitrogens with one attached hydrogen (secondary N) is 1. The first-order valence-electron chi connectivity index (χ1n) is 4.93. The first kappa shape index (κ1) is 9.76. The Hall–Kier alpha value is -1.78. The van der Waals surface area contributed by atoms with Crippen LogP contribution in [0.4, 0.5) is 0 Å². The zero-order valence-electron chi connectivity index (χ0n) is 8.74. The lowest BCUT2D eigenvalue weighted by Gasteiger charge is -2.00. The third-order valence-electron chi connectivity index (χ3n) is 2.09. The van der Waals surface area contributed by atoms with Crippen molar-refractivity contribution in [3.05, 3.63) is 28.1 Å². The van der Waals surface area contributed by atoms with E-state index in [1.54, 1.807) is 13.1 Å². The van der Waals surface area contributed by atoms with E-state index in [4.69, 9.17) is 0 Å². The molecule has 0 saturated carbocycles. The Balaban J connectivity index is 2.66. The highest BCUT2D eigenvalue weighted by Crippen LogP contribution is 2.03. The highest BCUT2D eigenvalue weighted by molar-refractivity contribution is 5.67. The second-order valence-corrected chi connectivity index (χ2v) is 3.43. The van der Waals surface area contributed by atoms with Crippen LogP contribution in [0.5, 0.6) is 0 Å². The topological polar surface area (TPSA) is 71.5 Å². The van der Waals surface area contributed by atoms with Crippen LogP contribution in [0.25, 0.3) is 11.2 Å². The lowest BCUT2D eigenvalue weighted by molar-refractivity contribution is 0.875. The summed E-state index contributed by atoms with van der Waals surface area (Å²) in [6, 6.07) is 0. The normalized spacial score (nSPS) is 10.8. The Morgan fingerprint density at radius 3 is 2.93 bits per heavy atom. The van der Waals surface area contributed by atoms with Gasteiger partial charge in [-0.2, -0.15) is 0 Å². The molecule has 0 aliphatic rings. The predicted octanol–water partition coefficient (Wildman–Crippen LogP) is 0.974. The van der Waals surface area contributed by atoms with Gasteiger partial charge < -0.3 is 4.98 Å². The molecule has 0 saturated heterocycles. The average molecular weight is 204 g/mol. The molecule has 1 N–H and O–H groups in total. The van der Waals surface area contributed by atoms with Crippen LogP contribution in [0, 0.1) is 6.92 Å². The lowest BCUT2D eigenvalue weighted by atomic mass is 10.2. The van der Waals surface area contributed by atoms with Crippen molar-refractivity contribution in [1.82, 2.24) is 19.9 Å². The number of nitrogens with zero attached hydrogens (tertiary/aromatic N) is 3. The van der Waals surface area contributed by atoms with E-state index >= 15 is 0 Å². The first-order valence-corrected chi connectivity index (χ1v) is 4.93. The summed E-state index contributed by atoms with van der Waals surface area (Å²) in [5, 5.41) is 0. The molecule has 0 bridgehead atoms. The van der Waals surface area contributed by atoms with Crippen molar-refractivity contribution in [3.63, 3.8) is 0 Å². The van der Waals surface area contributed by atoms with E-state index in [1.165, 1.54) is 0 Å². The van der Waals surface area contributed by atoms with Crippen LogP contribution >= 0.6 is 0 Å². The summed E-state index contributed by atoms with van der Waals surface area (Å²) in [4.78, 5) is 26.6. The Morgan fingerprint density at radius 1 is 1.40 bits per heavy atom. The van der Waals surface area contributed by atoms with Gasteiger partial charge in [0.1, 0.15) is 5.82 Å². The molecule has 2 aromatic rings. The van der Waals surface area contributed by atoms with E-state index in [0.717, 1.165) is 18.5 Å². The zero-order chi connectivity index (χ0) is 10.8. The van der Waals surface area contributed by atoms with Crippen LogP contribution in [0.3, 0.4) is 0 Å². The van der Waals surface area contributed by atoms with Gasteiger partial charge in [-0.25, -0.2) is 15.0 Å². The average Bonchev–Trinajstić information content (AvgIpc) is 2.19. The van der Waals surface area contributed by atoms with Gasteiger partial charge in [0.15, 0.2) is 11.2 Å². The Morgan fingerprint density at radius 2 is 2.20 bits per heavy atom. The molecular weight excluding hydrogens is 192 g/mol. The van der Waals surface area contributed by atoms with Gasteiger partial charge in [0, 0.05) is 0 Å². The maximum absolute atomic E-state index is 11.6. The molecule has 0 atom stereocenters. The van der Waals surface area contributed by atoms with Gasteiger partial charge >= 0.3 is 0 Å². The van der Waals surface area contributed by atoms with Gasteiger partial charge in [-0.05, 0) is 13.3 Å². The van der Waals surface area contributed by atoms with Crippen molar-refractivity contribution in [2.75, 3.05) is 0 Å². The number of aromatic nitrogens is 4. The van der Waals surface area contributed by atoms with E-state index < -0.39 is 0 Å². The predicted molar refractivity (Wildman–Crippen MR) is 56.7 cm³/mol. The van der Waals surface area contributed by atoms with E-state index in [-0.39, 0.29) is 5.56 Å². The maximum Gasteiger partial charge on any atom is 0.279 e. The van der Waals surface area contributed by atoms with Crippen LogP contribution in [-0.4, -0.2) is 19.9 Å².